The van der Waals surface area contributed by atoms with Gasteiger partial charge in [0.1, 0.15) is 0 Å². The molecule has 72 valence electrons. The van der Waals surface area contributed by atoms with Gasteiger partial charge in [-0.1, -0.05) is 0 Å². The zero-order valence-electron chi connectivity index (χ0n) is 7.41. The lowest BCUT2D eigenvalue weighted by Gasteiger charge is -1.92. The molecule has 0 amide bonds. The normalized spacial score (nSPS) is 10.2. The fourth-order valence-corrected chi connectivity index (χ4v) is 1.11. The molecule has 0 aliphatic rings. The summed E-state index contributed by atoms with van der Waals surface area (Å²) in [5, 5.41) is 11.2. The van der Waals surface area contributed by atoms with Gasteiger partial charge in [0.05, 0.1) is 0 Å². The predicted octanol–water partition coefficient (Wildman–Crippen LogP) is 0.213. The molecule has 0 aliphatic carbocycles. The van der Waals surface area contributed by atoms with Crippen LogP contribution < -0.4 is 5.56 Å². The zero-order chi connectivity index (χ0) is 9.84. The molecule has 0 aliphatic heterocycles. The van der Waals surface area contributed by atoms with Crippen LogP contribution in [0.2, 0.25) is 0 Å². The van der Waals surface area contributed by atoms with Crippen LogP contribution in [-0.2, 0) is 17.8 Å². The maximum absolute atomic E-state index is 11.4. The Kier molecular flexibility index (Phi) is 2.89. The second-order valence-electron chi connectivity index (χ2n) is 2.74. The standard InChI is InChI=1S/C8H12N2O3/c1-2-10-8(13)6(5-9-10)3-4-7(11)12/h5,9H,2-4H2,1H3,(H,11,12). The molecule has 0 unspecified atom stereocenters. The van der Waals surface area contributed by atoms with Crippen molar-refractivity contribution in [2.45, 2.75) is 26.3 Å². The van der Waals surface area contributed by atoms with Gasteiger partial charge < -0.3 is 10.2 Å². The number of hydrogen-bond acceptors (Lipinski definition) is 2. The SMILES string of the molecule is CCn1[nH]cc(CCC(=O)O)c1=O. The highest BCUT2D eigenvalue weighted by molar-refractivity contribution is 5.67. The van der Waals surface area contributed by atoms with Crippen LogP contribution in [0.4, 0.5) is 0 Å². The monoisotopic (exact) mass is 184 g/mol. The molecule has 0 saturated carbocycles. The number of carboxylic acid groups (broad SMARTS) is 1. The van der Waals surface area contributed by atoms with Gasteiger partial charge in [0.2, 0.25) is 0 Å². The van der Waals surface area contributed by atoms with E-state index < -0.39 is 5.97 Å². The Labute approximate surface area is 75.0 Å². The highest BCUT2D eigenvalue weighted by Crippen LogP contribution is 1.95. The number of aromatic amines is 1. The van der Waals surface area contributed by atoms with Gasteiger partial charge in [-0.15, -0.1) is 0 Å². The molecule has 5 heteroatoms. The van der Waals surface area contributed by atoms with Crippen molar-refractivity contribution in [1.82, 2.24) is 9.78 Å². The van der Waals surface area contributed by atoms with Crippen molar-refractivity contribution in [2.75, 3.05) is 0 Å². The number of nitrogens with zero attached hydrogens (tertiary/aromatic N) is 1. The van der Waals surface area contributed by atoms with E-state index in [0.29, 0.717) is 12.1 Å². The first-order chi connectivity index (χ1) is 6.15. The molecule has 5 nitrogen and oxygen atoms in total. The Balaban J connectivity index is 2.73. The predicted molar refractivity (Wildman–Crippen MR) is 46.7 cm³/mol. The number of carboxylic acids is 1. The Morgan fingerprint density at radius 2 is 2.38 bits per heavy atom. The maximum Gasteiger partial charge on any atom is 0.303 e. The number of aryl methyl sites for hydroxylation is 2. The van der Waals surface area contributed by atoms with Crippen molar-refractivity contribution < 1.29 is 9.90 Å². The average Bonchev–Trinajstić information content (AvgIpc) is 2.43. The van der Waals surface area contributed by atoms with E-state index in [2.05, 4.69) is 5.10 Å². The Bertz CT molecular complexity index is 351. The van der Waals surface area contributed by atoms with Crippen molar-refractivity contribution in [3.63, 3.8) is 0 Å². The minimum Gasteiger partial charge on any atom is -0.481 e. The van der Waals surface area contributed by atoms with Gasteiger partial charge in [-0.2, -0.15) is 0 Å². The Morgan fingerprint density at radius 3 is 2.85 bits per heavy atom. The highest BCUT2D eigenvalue weighted by Gasteiger charge is 2.06. The molecule has 0 atom stereocenters. The van der Waals surface area contributed by atoms with Crippen molar-refractivity contribution in [3.8, 4) is 0 Å². The molecule has 1 aromatic heterocycles. The third-order valence-corrected chi connectivity index (χ3v) is 1.84. The molecular formula is C8H12N2O3. The number of aromatic nitrogens is 2. The lowest BCUT2D eigenvalue weighted by Crippen LogP contribution is -2.18. The van der Waals surface area contributed by atoms with Gasteiger partial charge in [0, 0.05) is 24.7 Å². The van der Waals surface area contributed by atoms with E-state index in [1.165, 1.54) is 4.68 Å². The molecule has 1 aromatic rings. The van der Waals surface area contributed by atoms with Crippen LogP contribution in [0.15, 0.2) is 11.0 Å². The molecule has 2 N–H and O–H groups in total. The van der Waals surface area contributed by atoms with E-state index in [9.17, 15) is 9.59 Å². The van der Waals surface area contributed by atoms with Gasteiger partial charge in [-0.05, 0) is 13.3 Å². The van der Waals surface area contributed by atoms with E-state index in [1.807, 2.05) is 6.92 Å². The second kappa shape index (κ2) is 3.93. The maximum atomic E-state index is 11.4. The van der Waals surface area contributed by atoms with Gasteiger partial charge in [0.25, 0.3) is 5.56 Å². The molecule has 0 aromatic carbocycles. The van der Waals surface area contributed by atoms with Crippen molar-refractivity contribution in [2.24, 2.45) is 0 Å². The number of H-pyrrole nitrogens is 1. The minimum atomic E-state index is -0.886. The van der Waals surface area contributed by atoms with Gasteiger partial charge in [-0.3, -0.25) is 14.3 Å². The summed E-state index contributed by atoms with van der Waals surface area (Å²) in [5.41, 5.74) is 0.410. The number of rotatable bonds is 4. The van der Waals surface area contributed by atoms with Crippen molar-refractivity contribution in [3.05, 3.63) is 22.1 Å². The first-order valence-electron chi connectivity index (χ1n) is 4.14. The smallest absolute Gasteiger partial charge is 0.303 e. The van der Waals surface area contributed by atoms with E-state index in [1.54, 1.807) is 6.20 Å². The van der Waals surface area contributed by atoms with Crippen LogP contribution in [0.5, 0.6) is 0 Å². The summed E-state index contributed by atoms with van der Waals surface area (Å²) in [6.07, 6.45) is 1.85. The van der Waals surface area contributed by atoms with Crippen molar-refractivity contribution >= 4 is 5.97 Å². The van der Waals surface area contributed by atoms with Crippen LogP contribution in [0.25, 0.3) is 0 Å². The van der Waals surface area contributed by atoms with E-state index in [0.717, 1.165) is 0 Å². The van der Waals surface area contributed by atoms with Crippen LogP contribution in [0.1, 0.15) is 18.9 Å². The summed E-state index contributed by atoms with van der Waals surface area (Å²) in [7, 11) is 0. The summed E-state index contributed by atoms with van der Waals surface area (Å²) < 4.78 is 1.44. The quantitative estimate of drug-likeness (QED) is 0.702. The molecule has 0 spiro atoms. The molecule has 1 heterocycles. The zero-order valence-corrected chi connectivity index (χ0v) is 7.41. The van der Waals surface area contributed by atoms with Crippen LogP contribution in [0, 0.1) is 0 Å². The molecule has 0 radical (unpaired) electrons. The Hall–Kier alpha value is -1.52. The molecule has 0 saturated heterocycles. The van der Waals surface area contributed by atoms with Gasteiger partial charge >= 0.3 is 5.97 Å². The molecule has 1 rings (SSSR count). The second-order valence-corrected chi connectivity index (χ2v) is 2.74. The average molecular weight is 184 g/mol. The molecule has 0 fully saturated rings. The van der Waals surface area contributed by atoms with E-state index in [-0.39, 0.29) is 18.4 Å². The van der Waals surface area contributed by atoms with E-state index >= 15 is 0 Å². The number of nitrogens with one attached hydrogen (secondary N) is 1. The fraction of sp³-hybridized carbons (Fsp3) is 0.500. The summed E-state index contributed by atoms with van der Waals surface area (Å²) in [4.78, 5) is 21.6. The first-order valence-corrected chi connectivity index (χ1v) is 4.14. The third-order valence-electron chi connectivity index (χ3n) is 1.84. The van der Waals surface area contributed by atoms with Gasteiger partial charge in [-0.25, -0.2) is 0 Å². The summed E-state index contributed by atoms with van der Waals surface area (Å²) in [6.45, 7) is 2.42. The van der Waals surface area contributed by atoms with Gasteiger partial charge in [0.15, 0.2) is 0 Å². The lowest BCUT2D eigenvalue weighted by atomic mass is 10.2. The fourth-order valence-electron chi connectivity index (χ4n) is 1.11. The Morgan fingerprint density at radius 1 is 1.69 bits per heavy atom. The van der Waals surface area contributed by atoms with Crippen LogP contribution in [0.3, 0.4) is 0 Å². The highest BCUT2D eigenvalue weighted by atomic mass is 16.4. The minimum absolute atomic E-state index is 0.00317. The number of hydrogen-bond donors (Lipinski definition) is 2. The summed E-state index contributed by atoms with van der Waals surface area (Å²) in [5.74, 6) is -0.886. The molecule has 13 heavy (non-hydrogen) atoms. The topological polar surface area (TPSA) is 75.1 Å². The summed E-state index contributed by atoms with van der Waals surface area (Å²) >= 11 is 0. The molecule has 0 bridgehead atoms. The largest absolute Gasteiger partial charge is 0.481 e. The van der Waals surface area contributed by atoms with Crippen LogP contribution >= 0.6 is 0 Å². The number of aliphatic carboxylic acids is 1. The molecular weight excluding hydrogens is 172 g/mol. The van der Waals surface area contributed by atoms with Crippen molar-refractivity contribution in [1.29, 1.82) is 0 Å². The van der Waals surface area contributed by atoms with E-state index in [4.69, 9.17) is 5.11 Å². The number of carbonyl (C=O) groups is 1. The first kappa shape index (κ1) is 9.57. The lowest BCUT2D eigenvalue weighted by molar-refractivity contribution is -0.136. The third kappa shape index (κ3) is 2.21. The van der Waals surface area contributed by atoms with Crippen LogP contribution in [-0.4, -0.2) is 20.9 Å². The summed E-state index contributed by atoms with van der Waals surface area (Å²) in [6, 6.07) is 0.